The fourth-order valence-electron chi connectivity index (χ4n) is 2.57. The Morgan fingerprint density at radius 2 is 1.92 bits per heavy atom. The third kappa shape index (κ3) is 3.00. The van der Waals surface area contributed by atoms with Crippen LogP contribution in [0.5, 0.6) is 5.88 Å². The number of hydrogen-bond donors (Lipinski definition) is 0. The van der Waals surface area contributed by atoms with E-state index in [9.17, 15) is 13.2 Å². The standard InChI is InChI=1S/C17H21NO5S/c1-17(2,3)23-16(19)18-10-11-9-13(24(20,21)12-5-6-12)7-8-14(11)15(18)22-4/h7-10,12H,5-6H2,1-4H3. The number of aromatic nitrogens is 1. The van der Waals surface area contributed by atoms with Gasteiger partial charge in [0.2, 0.25) is 5.88 Å². The summed E-state index contributed by atoms with van der Waals surface area (Å²) >= 11 is 0. The van der Waals surface area contributed by atoms with Crippen molar-refractivity contribution in [3.05, 3.63) is 24.4 Å². The first-order chi connectivity index (χ1) is 11.1. The van der Waals surface area contributed by atoms with Crippen LogP contribution in [0, 0.1) is 0 Å². The SMILES string of the molecule is COc1c2ccc(S(=O)(=O)C3CC3)cc2cn1C(=O)OC(C)(C)C. The van der Waals surface area contributed by atoms with Gasteiger partial charge < -0.3 is 9.47 Å². The van der Waals surface area contributed by atoms with Gasteiger partial charge in [-0.1, -0.05) is 0 Å². The van der Waals surface area contributed by atoms with Gasteiger partial charge in [0.05, 0.1) is 17.3 Å². The maximum absolute atomic E-state index is 12.4. The molecule has 1 fully saturated rings. The van der Waals surface area contributed by atoms with Crippen LogP contribution < -0.4 is 4.74 Å². The molecule has 1 heterocycles. The van der Waals surface area contributed by atoms with E-state index in [0.717, 1.165) is 0 Å². The molecule has 7 heteroatoms. The monoisotopic (exact) mass is 351 g/mol. The molecule has 1 saturated carbocycles. The molecule has 0 atom stereocenters. The molecule has 2 aromatic rings. The van der Waals surface area contributed by atoms with Gasteiger partial charge in [-0.3, -0.25) is 0 Å². The van der Waals surface area contributed by atoms with Crippen LogP contribution >= 0.6 is 0 Å². The summed E-state index contributed by atoms with van der Waals surface area (Å²) in [6, 6.07) is 4.83. The molecule has 0 saturated heterocycles. The summed E-state index contributed by atoms with van der Waals surface area (Å²) < 4.78 is 36.7. The van der Waals surface area contributed by atoms with E-state index >= 15 is 0 Å². The van der Waals surface area contributed by atoms with Crippen LogP contribution in [0.4, 0.5) is 4.79 Å². The minimum atomic E-state index is -3.28. The molecule has 3 rings (SSSR count). The Hall–Kier alpha value is -2.02. The molecule has 0 radical (unpaired) electrons. The number of carbonyl (C=O) groups excluding carboxylic acids is 1. The van der Waals surface area contributed by atoms with Crippen LogP contribution in [0.3, 0.4) is 0 Å². The van der Waals surface area contributed by atoms with Crippen molar-refractivity contribution in [2.75, 3.05) is 7.11 Å². The number of nitrogens with zero attached hydrogens (tertiary/aromatic N) is 1. The smallest absolute Gasteiger partial charge is 0.421 e. The summed E-state index contributed by atoms with van der Waals surface area (Å²) in [5.41, 5.74) is -0.640. The minimum absolute atomic E-state index is 0.273. The van der Waals surface area contributed by atoms with Crippen molar-refractivity contribution in [2.24, 2.45) is 0 Å². The van der Waals surface area contributed by atoms with Crippen molar-refractivity contribution in [3.63, 3.8) is 0 Å². The molecule has 1 aliphatic carbocycles. The van der Waals surface area contributed by atoms with Gasteiger partial charge in [-0.25, -0.2) is 17.8 Å². The van der Waals surface area contributed by atoms with Crippen molar-refractivity contribution in [1.82, 2.24) is 4.57 Å². The van der Waals surface area contributed by atoms with Crippen LogP contribution in [0.15, 0.2) is 29.3 Å². The second-order valence-electron chi connectivity index (χ2n) is 6.98. The number of ether oxygens (including phenoxy) is 2. The Kier molecular flexibility index (Phi) is 3.86. The first-order valence-corrected chi connectivity index (χ1v) is 9.34. The summed E-state index contributed by atoms with van der Waals surface area (Å²) in [5, 5.41) is 1.02. The highest BCUT2D eigenvalue weighted by Crippen LogP contribution is 2.36. The third-order valence-electron chi connectivity index (χ3n) is 3.82. The maximum Gasteiger partial charge on any atom is 0.421 e. The quantitative estimate of drug-likeness (QED) is 0.847. The molecule has 0 amide bonds. The summed E-state index contributed by atoms with van der Waals surface area (Å²) in [5.74, 6) is 0.328. The molecule has 130 valence electrons. The Labute approximate surface area is 141 Å². The van der Waals surface area contributed by atoms with Gasteiger partial charge in [0.25, 0.3) is 0 Å². The molecule has 0 spiro atoms. The molecule has 0 bridgehead atoms. The molecule has 0 N–H and O–H groups in total. The number of carbonyl (C=O) groups is 1. The fourth-order valence-corrected chi connectivity index (χ4v) is 4.26. The van der Waals surface area contributed by atoms with Gasteiger partial charge in [0.1, 0.15) is 5.60 Å². The molecule has 1 aromatic heterocycles. The molecular formula is C17H21NO5S. The highest BCUT2D eigenvalue weighted by molar-refractivity contribution is 7.92. The normalized spacial score (nSPS) is 15.5. The lowest BCUT2D eigenvalue weighted by molar-refractivity contribution is 0.0525. The summed E-state index contributed by atoms with van der Waals surface area (Å²) in [6.45, 7) is 5.34. The van der Waals surface area contributed by atoms with E-state index in [1.54, 1.807) is 45.2 Å². The number of sulfone groups is 1. The van der Waals surface area contributed by atoms with Crippen LogP contribution in [-0.2, 0) is 14.6 Å². The maximum atomic E-state index is 12.4. The number of fused-ring (bicyclic) bond motifs is 1. The van der Waals surface area contributed by atoms with Gasteiger partial charge in [0.15, 0.2) is 9.84 Å². The summed E-state index contributed by atoms with van der Waals surface area (Å²) in [4.78, 5) is 12.6. The third-order valence-corrected chi connectivity index (χ3v) is 6.08. The van der Waals surface area contributed by atoms with Gasteiger partial charge in [-0.05, 0) is 51.8 Å². The molecular weight excluding hydrogens is 330 g/mol. The average Bonchev–Trinajstić information content (AvgIpc) is 3.26. The van der Waals surface area contributed by atoms with Gasteiger partial charge in [0, 0.05) is 17.0 Å². The van der Waals surface area contributed by atoms with E-state index in [4.69, 9.17) is 9.47 Å². The second kappa shape index (κ2) is 5.51. The Bertz CT molecular complexity index is 901. The first-order valence-electron chi connectivity index (χ1n) is 7.80. The van der Waals surface area contributed by atoms with E-state index < -0.39 is 21.5 Å². The average molecular weight is 351 g/mol. The fraction of sp³-hybridized carbons (Fsp3) is 0.471. The van der Waals surface area contributed by atoms with Crippen molar-refractivity contribution >= 4 is 26.7 Å². The highest BCUT2D eigenvalue weighted by Gasteiger charge is 2.37. The van der Waals surface area contributed by atoms with Gasteiger partial charge in [-0.2, -0.15) is 0 Å². The number of rotatable bonds is 3. The zero-order valence-corrected chi connectivity index (χ0v) is 15.0. The predicted octanol–water partition coefficient (Wildman–Crippen LogP) is 3.37. The summed E-state index contributed by atoms with van der Waals surface area (Å²) in [7, 11) is -1.82. The second-order valence-corrected chi connectivity index (χ2v) is 9.21. The summed E-state index contributed by atoms with van der Waals surface area (Å²) in [6.07, 6.45) is 2.40. The number of methoxy groups -OCH3 is 1. The number of hydrogen-bond acceptors (Lipinski definition) is 5. The zero-order chi connectivity index (χ0) is 17.7. The van der Waals surface area contributed by atoms with Crippen LogP contribution in [0.2, 0.25) is 0 Å². The van der Waals surface area contributed by atoms with Crippen molar-refractivity contribution < 1.29 is 22.7 Å². The lowest BCUT2D eigenvalue weighted by atomic mass is 10.2. The predicted molar refractivity (Wildman–Crippen MR) is 90.3 cm³/mol. The Morgan fingerprint density at radius 3 is 2.46 bits per heavy atom. The highest BCUT2D eigenvalue weighted by atomic mass is 32.2. The molecule has 0 unspecified atom stereocenters. The molecule has 24 heavy (non-hydrogen) atoms. The minimum Gasteiger partial charge on any atom is -0.481 e. The topological polar surface area (TPSA) is 74.6 Å². The van der Waals surface area contributed by atoms with E-state index in [2.05, 4.69) is 0 Å². The van der Waals surface area contributed by atoms with Gasteiger partial charge in [-0.15, -0.1) is 0 Å². The Balaban J connectivity index is 2.07. The number of benzene rings is 1. The van der Waals surface area contributed by atoms with Crippen LogP contribution in [-0.4, -0.2) is 37.0 Å². The van der Waals surface area contributed by atoms with Crippen LogP contribution in [0.1, 0.15) is 33.6 Å². The zero-order valence-electron chi connectivity index (χ0n) is 14.2. The van der Waals surface area contributed by atoms with E-state index in [0.29, 0.717) is 29.5 Å². The van der Waals surface area contributed by atoms with Crippen LogP contribution in [0.25, 0.3) is 10.8 Å². The van der Waals surface area contributed by atoms with Gasteiger partial charge >= 0.3 is 6.09 Å². The molecule has 1 aliphatic rings. The molecule has 0 aliphatic heterocycles. The Morgan fingerprint density at radius 1 is 1.25 bits per heavy atom. The van der Waals surface area contributed by atoms with E-state index in [1.165, 1.54) is 11.7 Å². The lowest BCUT2D eigenvalue weighted by Crippen LogP contribution is -2.27. The lowest BCUT2D eigenvalue weighted by Gasteiger charge is -2.20. The molecule has 1 aromatic carbocycles. The molecule has 6 nitrogen and oxygen atoms in total. The largest absolute Gasteiger partial charge is 0.481 e. The van der Waals surface area contributed by atoms with E-state index in [1.807, 2.05) is 0 Å². The van der Waals surface area contributed by atoms with E-state index in [-0.39, 0.29) is 10.1 Å². The van der Waals surface area contributed by atoms with Crippen molar-refractivity contribution in [3.8, 4) is 5.88 Å². The van der Waals surface area contributed by atoms with Crippen molar-refractivity contribution in [1.29, 1.82) is 0 Å². The first kappa shape index (κ1) is 16.8. The van der Waals surface area contributed by atoms with Crippen molar-refractivity contribution in [2.45, 2.75) is 49.4 Å².